The summed E-state index contributed by atoms with van der Waals surface area (Å²) in [6, 6.07) is 9.56. The van der Waals surface area contributed by atoms with Crippen LogP contribution in [0.4, 0.5) is 5.69 Å². The number of carbonyl (C=O) groups is 1. The first kappa shape index (κ1) is 15.6. The van der Waals surface area contributed by atoms with Crippen molar-refractivity contribution in [1.29, 1.82) is 0 Å². The van der Waals surface area contributed by atoms with Gasteiger partial charge in [0, 0.05) is 6.04 Å². The maximum atomic E-state index is 12.3. The third kappa shape index (κ3) is 3.27. The van der Waals surface area contributed by atoms with Gasteiger partial charge >= 0.3 is 0 Å². The summed E-state index contributed by atoms with van der Waals surface area (Å²) in [4.78, 5) is 12.3. The number of aromatic nitrogens is 2. The van der Waals surface area contributed by atoms with E-state index in [-0.39, 0.29) is 11.9 Å². The monoisotopic (exact) mass is 305 g/mol. The van der Waals surface area contributed by atoms with Crippen molar-refractivity contribution in [3.05, 3.63) is 47.3 Å². The van der Waals surface area contributed by atoms with Crippen LogP contribution in [-0.2, 0) is 4.79 Å². The van der Waals surface area contributed by atoms with Crippen LogP contribution in [0.2, 0.25) is 0 Å². The molecule has 1 unspecified atom stereocenters. The van der Waals surface area contributed by atoms with Crippen LogP contribution >= 0.6 is 11.6 Å². The number of aryl methyl sites for hydroxylation is 1. The fourth-order valence-electron chi connectivity index (χ4n) is 2.31. The van der Waals surface area contributed by atoms with Gasteiger partial charge in [0.1, 0.15) is 5.38 Å². The lowest BCUT2D eigenvalue weighted by Gasteiger charge is -2.12. The van der Waals surface area contributed by atoms with Crippen molar-refractivity contribution in [3.8, 4) is 0 Å². The summed E-state index contributed by atoms with van der Waals surface area (Å²) in [5.74, 6) is -0.239. The number of nitrogens with zero attached hydrogens (tertiary/aromatic N) is 2. The molecule has 0 bridgehead atoms. The molecule has 2 aromatic rings. The Morgan fingerprint density at radius 3 is 2.38 bits per heavy atom. The minimum Gasteiger partial charge on any atom is -0.321 e. The highest BCUT2D eigenvalue weighted by Gasteiger charge is 2.21. The van der Waals surface area contributed by atoms with Gasteiger partial charge in [-0.15, -0.1) is 11.6 Å². The van der Waals surface area contributed by atoms with Gasteiger partial charge in [-0.25, -0.2) is 0 Å². The average Bonchev–Trinajstić information content (AvgIpc) is 2.75. The van der Waals surface area contributed by atoms with Crippen molar-refractivity contribution in [2.75, 3.05) is 5.32 Å². The minimum atomic E-state index is -0.715. The Morgan fingerprint density at radius 1 is 1.24 bits per heavy atom. The summed E-state index contributed by atoms with van der Waals surface area (Å²) in [5.41, 5.74) is 3.26. The molecule has 2 rings (SSSR count). The first-order valence-corrected chi connectivity index (χ1v) is 7.41. The summed E-state index contributed by atoms with van der Waals surface area (Å²) in [5, 5.41) is 6.64. The minimum absolute atomic E-state index is 0.239. The van der Waals surface area contributed by atoms with Gasteiger partial charge in [-0.3, -0.25) is 9.48 Å². The van der Waals surface area contributed by atoms with Crippen LogP contribution in [-0.4, -0.2) is 15.7 Å². The van der Waals surface area contributed by atoms with Gasteiger partial charge in [0.25, 0.3) is 0 Å². The normalized spacial score (nSPS) is 12.5. The molecule has 21 heavy (non-hydrogen) atoms. The van der Waals surface area contributed by atoms with Crippen molar-refractivity contribution in [1.82, 2.24) is 9.78 Å². The van der Waals surface area contributed by atoms with Gasteiger partial charge in [-0.1, -0.05) is 30.3 Å². The Morgan fingerprint density at radius 2 is 1.86 bits per heavy atom. The second-order valence-electron chi connectivity index (χ2n) is 5.35. The summed E-state index contributed by atoms with van der Waals surface area (Å²) in [6.07, 6.45) is 0. The van der Waals surface area contributed by atoms with E-state index < -0.39 is 5.38 Å². The number of anilines is 1. The number of nitrogens with one attached hydrogen (secondary N) is 1. The lowest BCUT2D eigenvalue weighted by molar-refractivity contribution is -0.116. The predicted octanol–water partition coefficient (Wildman–Crippen LogP) is 4.00. The van der Waals surface area contributed by atoms with E-state index in [1.165, 1.54) is 0 Å². The van der Waals surface area contributed by atoms with Crippen molar-refractivity contribution >= 4 is 23.2 Å². The number of rotatable bonds is 4. The Hall–Kier alpha value is -1.81. The molecule has 0 spiro atoms. The third-order valence-electron chi connectivity index (χ3n) is 3.38. The fourth-order valence-corrected chi connectivity index (χ4v) is 2.51. The van der Waals surface area contributed by atoms with Crippen molar-refractivity contribution in [2.45, 2.75) is 39.1 Å². The number of benzene rings is 1. The van der Waals surface area contributed by atoms with E-state index in [9.17, 15) is 4.79 Å². The van der Waals surface area contributed by atoms with Crippen LogP contribution in [0.1, 0.15) is 42.2 Å². The molecule has 0 saturated heterocycles. The van der Waals surface area contributed by atoms with Gasteiger partial charge < -0.3 is 5.32 Å². The van der Waals surface area contributed by atoms with E-state index in [2.05, 4.69) is 24.3 Å². The summed E-state index contributed by atoms with van der Waals surface area (Å²) in [6.45, 7) is 7.94. The molecule has 112 valence electrons. The maximum absolute atomic E-state index is 12.3. The van der Waals surface area contributed by atoms with Crippen LogP contribution in [0.3, 0.4) is 0 Å². The molecule has 0 aliphatic rings. The highest BCUT2D eigenvalue weighted by Crippen LogP contribution is 2.26. The van der Waals surface area contributed by atoms with Crippen LogP contribution in [0.15, 0.2) is 30.3 Å². The van der Waals surface area contributed by atoms with Crippen LogP contribution in [0.25, 0.3) is 0 Å². The SMILES string of the molecule is Cc1nn(C(C)C)c(C)c1NC(=O)C(Cl)c1ccccc1. The largest absolute Gasteiger partial charge is 0.321 e. The molecule has 1 N–H and O–H groups in total. The highest BCUT2D eigenvalue weighted by molar-refractivity contribution is 6.32. The van der Waals surface area contributed by atoms with E-state index in [1.807, 2.05) is 48.9 Å². The smallest absolute Gasteiger partial charge is 0.247 e. The number of hydrogen-bond donors (Lipinski definition) is 1. The van der Waals surface area contributed by atoms with E-state index in [1.54, 1.807) is 0 Å². The lowest BCUT2D eigenvalue weighted by atomic mass is 10.1. The van der Waals surface area contributed by atoms with Gasteiger partial charge in [-0.2, -0.15) is 5.10 Å². The molecule has 4 nitrogen and oxygen atoms in total. The molecule has 0 aliphatic heterocycles. The third-order valence-corrected chi connectivity index (χ3v) is 3.83. The lowest BCUT2D eigenvalue weighted by Crippen LogP contribution is -2.18. The van der Waals surface area contributed by atoms with Crippen molar-refractivity contribution in [2.24, 2.45) is 0 Å². The van der Waals surface area contributed by atoms with Crippen LogP contribution in [0.5, 0.6) is 0 Å². The standard InChI is InChI=1S/C16H20ClN3O/c1-10(2)20-12(4)15(11(3)19-20)18-16(21)14(17)13-8-6-5-7-9-13/h5-10,14H,1-4H3,(H,18,21). The van der Waals surface area contributed by atoms with Crippen LogP contribution in [0, 0.1) is 13.8 Å². The zero-order valence-corrected chi connectivity index (χ0v) is 13.5. The van der Waals surface area contributed by atoms with Gasteiger partial charge in [0.15, 0.2) is 0 Å². The molecule has 5 heteroatoms. The molecule has 0 fully saturated rings. The molecular weight excluding hydrogens is 286 g/mol. The number of amides is 1. The fraction of sp³-hybridized carbons (Fsp3) is 0.375. The van der Waals surface area contributed by atoms with E-state index in [4.69, 9.17) is 11.6 Å². The van der Waals surface area contributed by atoms with Gasteiger partial charge in [-0.05, 0) is 33.3 Å². The summed E-state index contributed by atoms with van der Waals surface area (Å²) in [7, 11) is 0. The Kier molecular flexibility index (Phi) is 4.68. The predicted molar refractivity (Wildman–Crippen MR) is 85.8 cm³/mol. The highest BCUT2D eigenvalue weighted by atomic mass is 35.5. The average molecular weight is 306 g/mol. The quantitative estimate of drug-likeness (QED) is 0.868. The number of carbonyl (C=O) groups excluding carboxylic acids is 1. The first-order valence-electron chi connectivity index (χ1n) is 6.97. The van der Waals surface area contributed by atoms with E-state index in [0.29, 0.717) is 0 Å². The zero-order valence-electron chi connectivity index (χ0n) is 12.7. The van der Waals surface area contributed by atoms with Crippen molar-refractivity contribution in [3.63, 3.8) is 0 Å². The second-order valence-corrected chi connectivity index (χ2v) is 5.78. The molecular formula is C16H20ClN3O. The molecule has 1 aromatic carbocycles. The summed E-state index contributed by atoms with van der Waals surface area (Å²) >= 11 is 6.24. The van der Waals surface area contributed by atoms with E-state index >= 15 is 0 Å². The second kappa shape index (κ2) is 6.31. The topological polar surface area (TPSA) is 46.9 Å². The maximum Gasteiger partial charge on any atom is 0.247 e. The Labute approximate surface area is 130 Å². The van der Waals surface area contributed by atoms with Crippen molar-refractivity contribution < 1.29 is 4.79 Å². The van der Waals surface area contributed by atoms with E-state index in [0.717, 1.165) is 22.6 Å². The Bertz CT molecular complexity index is 634. The number of alkyl halides is 1. The molecule has 0 aliphatic carbocycles. The molecule has 1 atom stereocenters. The van der Waals surface area contributed by atoms with Gasteiger partial charge in [0.05, 0.1) is 17.1 Å². The molecule has 0 radical (unpaired) electrons. The molecule has 1 amide bonds. The molecule has 0 saturated carbocycles. The molecule has 1 heterocycles. The zero-order chi connectivity index (χ0) is 15.6. The first-order chi connectivity index (χ1) is 9.91. The van der Waals surface area contributed by atoms with Crippen LogP contribution < -0.4 is 5.32 Å². The van der Waals surface area contributed by atoms with Gasteiger partial charge in [0.2, 0.25) is 5.91 Å². The Balaban J connectivity index is 2.21. The molecule has 1 aromatic heterocycles. The number of halogens is 1. The summed E-state index contributed by atoms with van der Waals surface area (Å²) < 4.78 is 1.90. The number of hydrogen-bond acceptors (Lipinski definition) is 2.